The highest BCUT2D eigenvalue weighted by atomic mass is 19.4. The third-order valence-electron chi connectivity index (χ3n) is 9.40. The Kier molecular flexibility index (Phi) is 7.64. The first-order valence-electron chi connectivity index (χ1n) is 14.4. The molecular weight excluding hydrogens is 529 g/mol. The summed E-state index contributed by atoms with van der Waals surface area (Å²) >= 11 is 0. The molecule has 0 aromatic heterocycles. The fourth-order valence-corrected chi connectivity index (χ4v) is 7.67. The number of rotatable bonds is 9. The molecule has 4 aliphatic carbocycles. The Hall–Kier alpha value is -3.58. The first kappa shape index (κ1) is 27.6. The largest absolute Gasteiger partial charge is 0.573 e. The number of aliphatic imine (C=N–C) groups is 2. The zero-order valence-corrected chi connectivity index (χ0v) is 22.8. The number of nitriles is 1. The first-order chi connectivity index (χ1) is 19.8. The van der Waals surface area contributed by atoms with E-state index in [4.69, 9.17) is 4.99 Å². The maximum atomic E-state index is 12.8. The molecule has 2 aromatic rings. The molecular formula is C31H35F3N6O. The second-order valence-electron chi connectivity index (χ2n) is 11.9. The van der Waals surface area contributed by atoms with Gasteiger partial charge in [0, 0.05) is 24.7 Å². The van der Waals surface area contributed by atoms with Gasteiger partial charge >= 0.3 is 6.36 Å². The second-order valence-corrected chi connectivity index (χ2v) is 11.9. The molecule has 5 aliphatic rings. The maximum absolute atomic E-state index is 12.8. The van der Waals surface area contributed by atoms with Gasteiger partial charge in [0.15, 0.2) is 5.96 Å². The minimum atomic E-state index is -4.77. The Bertz CT molecular complexity index is 1320. The van der Waals surface area contributed by atoms with E-state index in [-0.39, 0.29) is 24.3 Å². The van der Waals surface area contributed by atoms with Crippen LogP contribution in [-0.2, 0) is 13.0 Å². The van der Waals surface area contributed by atoms with Gasteiger partial charge in [-0.2, -0.15) is 5.26 Å². The van der Waals surface area contributed by atoms with Crippen LogP contribution in [0.5, 0.6) is 5.75 Å². The number of nitrogens with one attached hydrogen (secondary N) is 3. The molecule has 7 rings (SSSR count). The molecule has 4 saturated carbocycles. The molecule has 0 amide bonds. The summed E-state index contributed by atoms with van der Waals surface area (Å²) in [5.41, 5.74) is 1.90. The van der Waals surface area contributed by atoms with Gasteiger partial charge in [-0.3, -0.25) is 9.98 Å². The molecule has 216 valence electrons. The average Bonchev–Trinajstić information content (AvgIpc) is 3.40. The van der Waals surface area contributed by atoms with Crippen LogP contribution in [0.1, 0.15) is 36.8 Å². The highest BCUT2D eigenvalue weighted by Crippen LogP contribution is 2.65. The van der Waals surface area contributed by atoms with Crippen molar-refractivity contribution in [3.8, 4) is 11.8 Å². The normalized spacial score (nSPS) is 31.0. The van der Waals surface area contributed by atoms with Crippen molar-refractivity contribution in [2.45, 2.75) is 51.1 Å². The lowest BCUT2D eigenvalue weighted by Gasteiger charge is -2.39. The molecule has 0 radical (unpaired) electrons. The molecule has 4 unspecified atom stereocenters. The fourth-order valence-electron chi connectivity index (χ4n) is 7.67. The second kappa shape index (κ2) is 11.4. The summed E-state index contributed by atoms with van der Waals surface area (Å²) in [7, 11) is 0. The van der Waals surface area contributed by atoms with E-state index in [0.717, 1.165) is 13.0 Å². The summed E-state index contributed by atoms with van der Waals surface area (Å²) in [6.45, 7) is 2.02. The molecule has 10 heteroatoms. The molecule has 3 N–H and O–H groups in total. The van der Waals surface area contributed by atoms with Gasteiger partial charge < -0.3 is 20.7 Å². The van der Waals surface area contributed by atoms with Crippen molar-refractivity contribution >= 4 is 11.8 Å². The molecule has 0 saturated heterocycles. The van der Waals surface area contributed by atoms with Crippen LogP contribution < -0.4 is 20.7 Å². The van der Waals surface area contributed by atoms with Gasteiger partial charge in [0.1, 0.15) is 17.5 Å². The smallest absolute Gasteiger partial charge is 0.405 e. The Morgan fingerprint density at radius 2 is 1.80 bits per heavy atom. The van der Waals surface area contributed by atoms with E-state index < -0.39 is 12.3 Å². The van der Waals surface area contributed by atoms with Crippen molar-refractivity contribution in [1.29, 1.82) is 5.26 Å². The fraction of sp³-hybridized carbons (Fsp3) is 0.516. The predicted octanol–water partition coefficient (Wildman–Crippen LogP) is 4.81. The number of para-hydroxylation sites is 1. The number of hydrogen-bond donors (Lipinski definition) is 3. The lowest BCUT2D eigenvalue weighted by atomic mass is 9.72. The number of guanidine groups is 1. The van der Waals surface area contributed by atoms with Crippen LogP contribution in [0.15, 0.2) is 64.6 Å². The molecule has 4 fully saturated rings. The van der Waals surface area contributed by atoms with E-state index in [1.807, 2.05) is 0 Å². The average molecular weight is 565 g/mol. The molecule has 2 aromatic carbocycles. The Balaban J connectivity index is 1.06. The summed E-state index contributed by atoms with van der Waals surface area (Å²) in [6.07, 6.45) is 1.09. The van der Waals surface area contributed by atoms with Crippen LogP contribution in [0, 0.1) is 40.4 Å². The van der Waals surface area contributed by atoms with Gasteiger partial charge in [0.2, 0.25) is 0 Å². The Morgan fingerprint density at radius 3 is 2.54 bits per heavy atom. The topological polar surface area (TPSA) is 93.8 Å². The zero-order chi connectivity index (χ0) is 28.5. The SMILES string of the molecule is N#CC1CN=C(NCc2ccccc2OC(F)(F)F)NC1=NCC12C[C@H]3CC1C[C@@H](C2)C3NCCc1ccccc1. The van der Waals surface area contributed by atoms with Crippen LogP contribution in [-0.4, -0.2) is 43.8 Å². The van der Waals surface area contributed by atoms with Gasteiger partial charge in [-0.05, 0) is 73.4 Å². The molecule has 1 aliphatic heterocycles. The van der Waals surface area contributed by atoms with Crippen molar-refractivity contribution in [3.63, 3.8) is 0 Å². The number of alkyl halides is 3. The van der Waals surface area contributed by atoms with Crippen LogP contribution in [0.2, 0.25) is 0 Å². The molecule has 1 heterocycles. The summed E-state index contributed by atoms with van der Waals surface area (Å²) in [4.78, 5) is 9.37. The summed E-state index contributed by atoms with van der Waals surface area (Å²) in [5.74, 6) is 2.28. The van der Waals surface area contributed by atoms with E-state index in [0.29, 0.717) is 47.7 Å². The lowest BCUT2D eigenvalue weighted by Crippen LogP contribution is -2.48. The van der Waals surface area contributed by atoms with E-state index in [2.05, 4.69) is 62.1 Å². The monoisotopic (exact) mass is 564 g/mol. The number of halogens is 3. The number of hydrogen-bond acceptors (Lipinski definition) is 6. The lowest BCUT2D eigenvalue weighted by molar-refractivity contribution is -0.274. The quantitative estimate of drug-likeness (QED) is 0.407. The third kappa shape index (κ3) is 6.05. The predicted molar refractivity (Wildman–Crippen MR) is 150 cm³/mol. The van der Waals surface area contributed by atoms with Gasteiger partial charge in [0.05, 0.1) is 12.6 Å². The summed E-state index contributed by atoms with van der Waals surface area (Å²) in [6, 6.07) is 19.5. The minimum Gasteiger partial charge on any atom is -0.405 e. The summed E-state index contributed by atoms with van der Waals surface area (Å²) in [5, 5.41) is 19.8. The van der Waals surface area contributed by atoms with Gasteiger partial charge in [-0.15, -0.1) is 13.2 Å². The molecule has 6 atom stereocenters. The Morgan fingerprint density at radius 1 is 1.07 bits per heavy atom. The maximum Gasteiger partial charge on any atom is 0.573 e. The molecule has 41 heavy (non-hydrogen) atoms. The number of nitrogens with zero attached hydrogens (tertiary/aromatic N) is 3. The molecule has 0 spiro atoms. The van der Waals surface area contributed by atoms with Crippen LogP contribution in [0.4, 0.5) is 13.2 Å². The van der Waals surface area contributed by atoms with Crippen molar-refractivity contribution in [3.05, 3.63) is 65.7 Å². The van der Waals surface area contributed by atoms with Gasteiger partial charge in [-0.25, -0.2) is 0 Å². The molecule has 7 nitrogen and oxygen atoms in total. The number of amidine groups is 1. The highest BCUT2D eigenvalue weighted by Gasteiger charge is 2.61. The van der Waals surface area contributed by atoms with Crippen LogP contribution in [0.3, 0.4) is 0 Å². The zero-order valence-electron chi connectivity index (χ0n) is 22.8. The highest BCUT2D eigenvalue weighted by molar-refractivity contribution is 6.03. The Labute approximate surface area is 238 Å². The van der Waals surface area contributed by atoms with E-state index >= 15 is 0 Å². The van der Waals surface area contributed by atoms with E-state index in [9.17, 15) is 18.4 Å². The minimum absolute atomic E-state index is 0.0800. The number of benzene rings is 2. The van der Waals surface area contributed by atoms with Crippen LogP contribution in [0.25, 0.3) is 0 Å². The summed E-state index contributed by atoms with van der Waals surface area (Å²) < 4.78 is 42.5. The molecule has 4 bridgehead atoms. The van der Waals surface area contributed by atoms with E-state index in [1.165, 1.54) is 43.4 Å². The van der Waals surface area contributed by atoms with Crippen molar-refractivity contribution in [2.75, 3.05) is 19.6 Å². The van der Waals surface area contributed by atoms with Crippen molar-refractivity contribution < 1.29 is 17.9 Å². The van der Waals surface area contributed by atoms with Crippen molar-refractivity contribution in [2.24, 2.45) is 39.1 Å². The third-order valence-corrected chi connectivity index (χ3v) is 9.40. The van der Waals surface area contributed by atoms with E-state index in [1.54, 1.807) is 12.1 Å². The number of ether oxygens (including phenoxy) is 1. The first-order valence-corrected chi connectivity index (χ1v) is 14.4. The van der Waals surface area contributed by atoms with Gasteiger partial charge in [0.25, 0.3) is 0 Å². The van der Waals surface area contributed by atoms with Crippen molar-refractivity contribution in [1.82, 2.24) is 16.0 Å². The van der Waals surface area contributed by atoms with Crippen LogP contribution >= 0.6 is 0 Å². The standard InChI is InChI=1S/C31H35F3N6O/c32-31(33,34)41-26-9-5-4-8-21(26)17-37-29-38-18-24(16-35)28(40-29)39-19-30-14-22-12-25(30)13-23(15-30)27(22)36-11-10-20-6-2-1-3-7-20/h1-9,22-25,27,36H,10-15,17-19H2,(H2,37,38,39,40)/t22-,23+,24?,25?,27?,30?. The van der Waals surface area contributed by atoms with Gasteiger partial charge in [-0.1, -0.05) is 48.5 Å².